The van der Waals surface area contributed by atoms with Crippen LogP contribution >= 0.6 is 11.6 Å². The highest BCUT2D eigenvalue weighted by atomic mass is 35.5. The maximum atomic E-state index is 9.13. The molecule has 0 unspecified atom stereocenters. The van der Waals surface area contributed by atoms with E-state index in [1.807, 2.05) is 20.2 Å². The van der Waals surface area contributed by atoms with Crippen molar-refractivity contribution in [2.24, 2.45) is 0 Å². The summed E-state index contributed by atoms with van der Waals surface area (Å²) in [7, 11) is 3.62. The maximum Gasteiger partial charge on any atom is 0.170 e. The first-order valence-electron chi connectivity index (χ1n) is 5.26. The Hall–Kier alpha value is -2.19. The Bertz CT molecular complexity index is 624. The third-order valence-corrected chi connectivity index (χ3v) is 2.73. The van der Waals surface area contributed by atoms with Gasteiger partial charge in [-0.15, -0.1) is 5.10 Å². The van der Waals surface area contributed by atoms with Crippen molar-refractivity contribution >= 4 is 23.2 Å². The van der Waals surface area contributed by atoms with Crippen molar-refractivity contribution in [2.45, 2.75) is 0 Å². The predicted molar refractivity (Wildman–Crippen MR) is 72.0 cm³/mol. The molecule has 0 amide bonds. The fourth-order valence-electron chi connectivity index (χ4n) is 1.64. The normalized spacial score (nSPS) is 10.1. The summed E-state index contributed by atoms with van der Waals surface area (Å²) in [4.78, 5) is 1.75. The molecular weight excluding hydrogens is 250 g/mol. The molecule has 0 spiro atoms. The van der Waals surface area contributed by atoms with E-state index in [2.05, 4.69) is 11.2 Å². The minimum absolute atomic E-state index is 0.309. The Morgan fingerprint density at radius 1 is 1.44 bits per heavy atom. The van der Waals surface area contributed by atoms with Crippen LogP contribution in [-0.4, -0.2) is 23.9 Å². The van der Waals surface area contributed by atoms with Crippen LogP contribution in [0, 0.1) is 11.3 Å². The molecule has 92 valence electrons. The highest BCUT2D eigenvalue weighted by Gasteiger charge is 2.17. The fourth-order valence-corrected chi connectivity index (χ4v) is 1.83. The van der Waals surface area contributed by atoms with Crippen molar-refractivity contribution in [3.8, 4) is 11.8 Å². The van der Waals surface area contributed by atoms with Crippen LogP contribution in [0.3, 0.4) is 0 Å². The smallest absolute Gasteiger partial charge is 0.170 e. The SMILES string of the molecule is CN(C)c1nn(-c2cccc(Cl)c2)c(N)c1C#N. The van der Waals surface area contributed by atoms with E-state index in [0.717, 1.165) is 5.69 Å². The molecule has 18 heavy (non-hydrogen) atoms. The van der Waals surface area contributed by atoms with Crippen molar-refractivity contribution in [1.82, 2.24) is 9.78 Å². The number of benzene rings is 1. The quantitative estimate of drug-likeness (QED) is 0.898. The van der Waals surface area contributed by atoms with Crippen LogP contribution in [0.2, 0.25) is 5.02 Å². The average molecular weight is 262 g/mol. The maximum absolute atomic E-state index is 9.13. The van der Waals surface area contributed by atoms with Crippen molar-refractivity contribution < 1.29 is 0 Å². The molecule has 1 aromatic carbocycles. The first-order valence-corrected chi connectivity index (χ1v) is 5.64. The minimum atomic E-state index is 0.309. The van der Waals surface area contributed by atoms with Crippen LogP contribution in [-0.2, 0) is 0 Å². The van der Waals surface area contributed by atoms with Gasteiger partial charge < -0.3 is 10.6 Å². The predicted octanol–water partition coefficient (Wildman–Crippen LogP) is 2.05. The summed E-state index contributed by atoms with van der Waals surface area (Å²) in [5, 5.41) is 14.0. The molecule has 0 aliphatic rings. The fraction of sp³-hybridized carbons (Fsp3) is 0.167. The van der Waals surface area contributed by atoms with Crippen LogP contribution in [0.25, 0.3) is 5.69 Å². The van der Waals surface area contributed by atoms with Crippen LogP contribution < -0.4 is 10.6 Å². The number of hydrogen-bond donors (Lipinski definition) is 1. The molecule has 0 saturated carbocycles. The van der Waals surface area contributed by atoms with Gasteiger partial charge in [-0.05, 0) is 18.2 Å². The zero-order valence-corrected chi connectivity index (χ0v) is 10.8. The van der Waals surface area contributed by atoms with E-state index in [9.17, 15) is 0 Å². The van der Waals surface area contributed by atoms with E-state index in [4.69, 9.17) is 22.6 Å². The monoisotopic (exact) mass is 261 g/mol. The summed E-state index contributed by atoms with van der Waals surface area (Å²) in [6.07, 6.45) is 0. The van der Waals surface area contributed by atoms with Gasteiger partial charge in [-0.1, -0.05) is 17.7 Å². The third kappa shape index (κ3) is 1.98. The second kappa shape index (κ2) is 4.59. The summed E-state index contributed by atoms with van der Waals surface area (Å²) >= 11 is 5.93. The van der Waals surface area contributed by atoms with Gasteiger partial charge in [0.2, 0.25) is 0 Å². The molecule has 1 aromatic heterocycles. The molecule has 1 heterocycles. The Labute approximate surface area is 110 Å². The second-order valence-corrected chi connectivity index (χ2v) is 4.42. The highest BCUT2D eigenvalue weighted by molar-refractivity contribution is 6.30. The summed E-state index contributed by atoms with van der Waals surface area (Å²) in [5.74, 6) is 0.846. The summed E-state index contributed by atoms with van der Waals surface area (Å²) in [6, 6.07) is 9.21. The Balaban J connectivity index is 2.63. The van der Waals surface area contributed by atoms with Crippen LogP contribution in [0.4, 0.5) is 11.6 Å². The molecule has 0 saturated heterocycles. The van der Waals surface area contributed by atoms with Crippen molar-refractivity contribution in [3.63, 3.8) is 0 Å². The second-order valence-electron chi connectivity index (χ2n) is 3.98. The largest absolute Gasteiger partial charge is 0.382 e. The van der Waals surface area contributed by atoms with E-state index in [1.165, 1.54) is 4.68 Å². The van der Waals surface area contributed by atoms with Gasteiger partial charge in [-0.25, -0.2) is 4.68 Å². The van der Waals surface area contributed by atoms with Crippen molar-refractivity contribution in [2.75, 3.05) is 24.7 Å². The molecule has 0 atom stereocenters. The standard InChI is InChI=1S/C12H12ClN5/c1-17(2)12-10(7-14)11(15)18(16-12)9-5-3-4-8(13)6-9/h3-6H,15H2,1-2H3. The number of halogens is 1. The van der Waals surface area contributed by atoms with Gasteiger partial charge in [0.1, 0.15) is 17.5 Å². The molecule has 0 bridgehead atoms. The lowest BCUT2D eigenvalue weighted by atomic mass is 10.3. The van der Waals surface area contributed by atoms with Gasteiger partial charge in [-0.3, -0.25) is 0 Å². The van der Waals surface area contributed by atoms with Crippen molar-refractivity contribution in [1.29, 1.82) is 5.26 Å². The number of nitrogen functional groups attached to an aromatic ring is 1. The zero-order valence-electron chi connectivity index (χ0n) is 10.1. The van der Waals surface area contributed by atoms with E-state index in [-0.39, 0.29) is 0 Å². The first kappa shape index (κ1) is 12.3. The van der Waals surface area contributed by atoms with Gasteiger partial charge in [0.25, 0.3) is 0 Å². The number of rotatable bonds is 2. The molecule has 2 aromatic rings. The number of nitrogens with two attached hydrogens (primary N) is 1. The molecule has 0 aliphatic carbocycles. The van der Waals surface area contributed by atoms with Gasteiger partial charge in [0.15, 0.2) is 5.82 Å². The van der Waals surface area contributed by atoms with E-state index in [0.29, 0.717) is 22.2 Å². The molecule has 5 nitrogen and oxygen atoms in total. The third-order valence-electron chi connectivity index (χ3n) is 2.49. The Morgan fingerprint density at radius 3 is 2.67 bits per heavy atom. The molecule has 0 aliphatic heterocycles. The van der Waals surface area contributed by atoms with Crippen LogP contribution in [0.5, 0.6) is 0 Å². The number of aromatic nitrogens is 2. The summed E-state index contributed by atoms with van der Waals surface area (Å²) < 4.78 is 1.51. The van der Waals surface area contributed by atoms with Crippen LogP contribution in [0.1, 0.15) is 5.56 Å². The lowest BCUT2D eigenvalue weighted by Gasteiger charge is -2.07. The number of nitriles is 1. The zero-order chi connectivity index (χ0) is 13.3. The van der Waals surface area contributed by atoms with E-state index >= 15 is 0 Å². The minimum Gasteiger partial charge on any atom is -0.382 e. The Kier molecular flexibility index (Phi) is 3.13. The molecule has 2 N–H and O–H groups in total. The molecule has 0 fully saturated rings. The van der Waals surface area contributed by atoms with Crippen LogP contribution in [0.15, 0.2) is 24.3 Å². The lowest BCUT2D eigenvalue weighted by Crippen LogP contribution is -2.11. The first-order chi connectivity index (χ1) is 8.54. The number of nitrogens with zero attached hydrogens (tertiary/aromatic N) is 4. The van der Waals surface area contributed by atoms with Crippen molar-refractivity contribution in [3.05, 3.63) is 34.9 Å². The van der Waals surface area contributed by atoms with Gasteiger partial charge in [-0.2, -0.15) is 5.26 Å². The molecular formula is C12H12ClN5. The highest BCUT2D eigenvalue weighted by Crippen LogP contribution is 2.26. The van der Waals surface area contributed by atoms with E-state index in [1.54, 1.807) is 23.1 Å². The average Bonchev–Trinajstić information content (AvgIpc) is 2.66. The summed E-state index contributed by atoms with van der Waals surface area (Å²) in [5.41, 5.74) is 7.03. The lowest BCUT2D eigenvalue weighted by molar-refractivity contribution is 0.875. The molecule has 0 radical (unpaired) electrons. The van der Waals surface area contributed by atoms with Gasteiger partial charge in [0, 0.05) is 19.1 Å². The topological polar surface area (TPSA) is 70.9 Å². The number of hydrogen-bond acceptors (Lipinski definition) is 4. The van der Waals surface area contributed by atoms with Gasteiger partial charge in [0.05, 0.1) is 5.69 Å². The molecule has 2 rings (SSSR count). The Morgan fingerprint density at radius 2 is 2.17 bits per heavy atom. The number of anilines is 2. The molecule has 6 heteroatoms. The van der Waals surface area contributed by atoms with Gasteiger partial charge >= 0.3 is 0 Å². The van der Waals surface area contributed by atoms with E-state index < -0.39 is 0 Å². The summed E-state index contributed by atoms with van der Waals surface area (Å²) in [6.45, 7) is 0.